The molecule has 1 aromatic rings. The lowest BCUT2D eigenvalue weighted by Crippen LogP contribution is -2.51. The van der Waals surface area contributed by atoms with Crippen LogP contribution in [0.5, 0.6) is 11.5 Å². The highest BCUT2D eigenvalue weighted by molar-refractivity contribution is 5.43. The van der Waals surface area contributed by atoms with Crippen molar-refractivity contribution in [2.75, 3.05) is 46.6 Å². The first-order valence-corrected chi connectivity index (χ1v) is 8.48. The first-order chi connectivity index (χ1) is 11.2. The zero-order chi connectivity index (χ0) is 16.1. The van der Waals surface area contributed by atoms with Gasteiger partial charge in [-0.2, -0.15) is 0 Å². The third kappa shape index (κ3) is 3.97. The molecule has 0 bridgehead atoms. The molecule has 3 rings (SSSR count). The highest BCUT2D eigenvalue weighted by Crippen LogP contribution is 2.31. The fourth-order valence-electron chi connectivity index (χ4n) is 3.29. The van der Waals surface area contributed by atoms with Crippen LogP contribution in [0.25, 0.3) is 0 Å². The van der Waals surface area contributed by atoms with Crippen molar-refractivity contribution in [1.29, 1.82) is 0 Å². The molecule has 5 nitrogen and oxygen atoms in total. The lowest BCUT2D eigenvalue weighted by atomic mass is 10.0. The number of nitrogens with zero attached hydrogens (tertiary/aromatic N) is 1. The summed E-state index contributed by atoms with van der Waals surface area (Å²) in [5, 5.41) is 0. The molecule has 1 spiro atoms. The Hall–Kier alpha value is -1.30. The van der Waals surface area contributed by atoms with E-state index in [2.05, 4.69) is 24.0 Å². The number of morpholine rings is 1. The quantitative estimate of drug-likeness (QED) is 0.805. The van der Waals surface area contributed by atoms with E-state index in [0.29, 0.717) is 6.61 Å². The van der Waals surface area contributed by atoms with E-state index in [9.17, 15) is 0 Å². The molecule has 1 unspecified atom stereocenters. The van der Waals surface area contributed by atoms with Gasteiger partial charge in [0.25, 0.3) is 0 Å². The summed E-state index contributed by atoms with van der Waals surface area (Å²) >= 11 is 0. The van der Waals surface area contributed by atoms with Crippen LogP contribution in [-0.2, 0) is 16.0 Å². The van der Waals surface area contributed by atoms with Crippen molar-refractivity contribution in [2.24, 2.45) is 0 Å². The second kappa shape index (κ2) is 7.51. The zero-order valence-corrected chi connectivity index (χ0v) is 14.2. The van der Waals surface area contributed by atoms with Crippen molar-refractivity contribution < 1.29 is 18.9 Å². The van der Waals surface area contributed by atoms with Crippen LogP contribution in [0.1, 0.15) is 25.3 Å². The second-order valence-corrected chi connectivity index (χ2v) is 6.38. The summed E-state index contributed by atoms with van der Waals surface area (Å²) in [5.41, 5.74) is 1.15. The van der Waals surface area contributed by atoms with Crippen molar-refractivity contribution >= 4 is 0 Å². The van der Waals surface area contributed by atoms with Gasteiger partial charge in [0.2, 0.25) is 0 Å². The molecule has 2 saturated heterocycles. The Morgan fingerprint density at radius 2 is 2.17 bits per heavy atom. The minimum absolute atomic E-state index is 0.0908. The Labute approximate surface area is 138 Å². The molecule has 0 saturated carbocycles. The van der Waals surface area contributed by atoms with Crippen LogP contribution in [0.2, 0.25) is 0 Å². The highest BCUT2D eigenvalue weighted by Gasteiger charge is 2.40. The van der Waals surface area contributed by atoms with Crippen LogP contribution < -0.4 is 9.47 Å². The minimum atomic E-state index is -0.0908. The highest BCUT2D eigenvalue weighted by atomic mass is 16.6. The van der Waals surface area contributed by atoms with Crippen LogP contribution in [0.3, 0.4) is 0 Å². The van der Waals surface area contributed by atoms with Gasteiger partial charge in [-0.15, -0.1) is 0 Å². The summed E-state index contributed by atoms with van der Waals surface area (Å²) in [6, 6.07) is 6.22. The van der Waals surface area contributed by atoms with Crippen molar-refractivity contribution in [1.82, 2.24) is 4.90 Å². The fourth-order valence-corrected chi connectivity index (χ4v) is 3.29. The summed E-state index contributed by atoms with van der Waals surface area (Å²) in [4.78, 5) is 2.44. The van der Waals surface area contributed by atoms with E-state index in [4.69, 9.17) is 18.9 Å². The van der Waals surface area contributed by atoms with Crippen molar-refractivity contribution in [2.45, 2.75) is 31.9 Å². The first kappa shape index (κ1) is 16.6. The third-order valence-corrected chi connectivity index (χ3v) is 4.49. The monoisotopic (exact) mass is 321 g/mol. The lowest BCUT2D eigenvalue weighted by molar-refractivity contribution is -0.111. The number of ether oxygens (including phenoxy) is 4. The summed E-state index contributed by atoms with van der Waals surface area (Å²) in [7, 11) is 1.69. The molecule has 1 aromatic carbocycles. The summed E-state index contributed by atoms with van der Waals surface area (Å²) in [6.45, 7) is 7.90. The molecular formula is C18H27NO4. The van der Waals surface area contributed by atoms with Gasteiger partial charge >= 0.3 is 0 Å². The number of rotatable bonds is 6. The van der Waals surface area contributed by atoms with Gasteiger partial charge in [-0.05, 0) is 24.1 Å². The number of hydrogen-bond acceptors (Lipinski definition) is 5. The predicted molar refractivity (Wildman–Crippen MR) is 88.2 cm³/mol. The molecule has 128 valence electrons. The molecule has 1 atom stereocenters. The van der Waals surface area contributed by atoms with Crippen LogP contribution in [0, 0.1) is 0 Å². The average Bonchev–Trinajstić information content (AvgIpc) is 3.01. The summed E-state index contributed by atoms with van der Waals surface area (Å²) in [6.07, 6.45) is 1.99. The van der Waals surface area contributed by atoms with E-state index in [-0.39, 0.29) is 5.60 Å². The maximum absolute atomic E-state index is 5.99. The van der Waals surface area contributed by atoms with E-state index in [0.717, 1.165) is 63.8 Å². The molecule has 0 amide bonds. The van der Waals surface area contributed by atoms with E-state index in [1.54, 1.807) is 7.11 Å². The maximum atomic E-state index is 5.99. The number of methoxy groups -OCH3 is 1. The van der Waals surface area contributed by atoms with Crippen LogP contribution >= 0.6 is 0 Å². The van der Waals surface area contributed by atoms with Crippen molar-refractivity contribution in [3.63, 3.8) is 0 Å². The van der Waals surface area contributed by atoms with Gasteiger partial charge in [0.1, 0.15) is 5.60 Å². The largest absolute Gasteiger partial charge is 0.493 e. The molecule has 2 heterocycles. The maximum Gasteiger partial charge on any atom is 0.161 e. The Morgan fingerprint density at radius 1 is 1.26 bits per heavy atom. The topological polar surface area (TPSA) is 40.2 Å². The minimum Gasteiger partial charge on any atom is -0.493 e. The van der Waals surface area contributed by atoms with Crippen molar-refractivity contribution in [3.05, 3.63) is 23.8 Å². The SMILES string of the molecule is CCCOc1ccc(CN2CCOC3(CCOC3)C2)cc1OC. The molecule has 5 heteroatoms. The average molecular weight is 321 g/mol. The number of hydrogen-bond donors (Lipinski definition) is 0. The van der Waals surface area contributed by atoms with Gasteiger partial charge in [0.15, 0.2) is 11.5 Å². The van der Waals surface area contributed by atoms with E-state index < -0.39 is 0 Å². The van der Waals surface area contributed by atoms with E-state index in [1.807, 2.05) is 6.07 Å². The smallest absolute Gasteiger partial charge is 0.161 e. The van der Waals surface area contributed by atoms with Gasteiger partial charge in [-0.3, -0.25) is 4.90 Å². The predicted octanol–water partition coefficient (Wildman–Crippen LogP) is 2.48. The Balaban J connectivity index is 1.65. The van der Waals surface area contributed by atoms with Gasteiger partial charge in [0, 0.05) is 32.7 Å². The molecule has 0 aliphatic carbocycles. The molecule has 23 heavy (non-hydrogen) atoms. The normalized spacial score (nSPS) is 25.0. The molecule has 0 aromatic heterocycles. The summed E-state index contributed by atoms with van der Waals surface area (Å²) < 4.78 is 22.7. The van der Waals surface area contributed by atoms with E-state index in [1.165, 1.54) is 5.56 Å². The zero-order valence-electron chi connectivity index (χ0n) is 14.2. The van der Waals surface area contributed by atoms with Gasteiger partial charge < -0.3 is 18.9 Å². The van der Waals surface area contributed by atoms with E-state index >= 15 is 0 Å². The van der Waals surface area contributed by atoms with Crippen LogP contribution in [0.15, 0.2) is 18.2 Å². The number of benzene rings is 1. The standard InChI is InChI=1S/C18H27NO4/c1-3-8-22-16-5-4-15(11-17(16)20-2)12-19-7-10-23-18(13-19)6-9-21-14-18/h4-5,11H,3,6-10,12-14H2,1-2H3. The summed E-state index contributed by atoms with van der Waals surface area (Å²) in [5.74, 6) is 1.63. The second-order valence-electron chi connectivity index (χ2n) is 6.38. The molecule has 0 N–H and O–H groups in total. The van der Waals surface area contributed by atoms with Gasteiger partial charge in [-0.25, -0.2) is 0 Å². The molecule has 2 fully saturated rings. The van der Waals surface area contributed by atoms with Gasteiger partial charge in [-0.1, -0.05) is 13.0 Å². The van der Waals surface area contributed by atoms with Crippen molar-refractivity contribution in [3.8, 4) is 11.5 Å². The van der Waals surface area contributed by atoms with Crippen LogP contribution in [0.4, 0.5) is 0 Å². The van der Waals surface area contributed by atoms with Gasteiger partial charge in [0.05, 0.1) is 26.9 Å². The third-order valence-electron chi connectivity index (χ3n) is 4.49. The van der Waals surface area contributed by atoms with Crippen LogP contribution in [-0.4, -0.2) is 57.1 Å². The molecule has 2 aliphatic rings. The Kier molecular flexibility index (Phi) is 5.41. The Morgan fingerprint density at radius 3 is 2.91 bits per heavy atom. The molecule has 2 aliphatic heterocycles. The molecular weight excluding hydrogens is 294 g/mol. The molecule has 0 radical (unpaired) electrons. The first-order valence-electron chi connectivity index (χ1n) is 8.48. The Bertz CT molecular complexity index is 514. The fraction of sp³-hybridized carbons (Fsp3) is 0.667. The lowest BCUT2D eigenvalue weighted by Gasteiger charge is -2.39.